The van der Waals surface area contributed by atoms with Gasteiger partial charge in [-0.2, -0.15) is 0 Å². The van der Waals surface area contributed by atoms with Crippen molar-refractivity contribution in [2.75, 3.05) is 18.5 Å². The smallest absolute Gasteiger partial charge is 0.145 e. The molecule has 0 radical (unpaired) electrons. The van der Waals surface area contributed by atoms with Crippen LogP contribution in [-0.2, 0) is 6.42 Å². The van der Waals surface area contributed by atoms with Gasteiger partial charge in [0.25, 0.3) is 0 Å². The zero-order valence-electron chi connectivity index (χ0n) is 12.6. The van der Waals surface area contributed by atoms with E-state index in [0.717, 1.165) is 35.7 Å². The van der Waals surface area contributed by atoms with Crippen LogP contribution in [0.5, 0.6) is 11.5 Å². The second-order valence-corrected chi connectivity index (χ2v) is 5.14. The van der Waals surface area contributed by atoms with E-state index in [2.05, 4.69) is 36.5 Å². The number of rotatable bonds is 4. The molecule has 1 heterocycles. The Kier molecular flexibility index (Phi) is 4.00. The fraction of sp³-hybridized carbons (Fsp3) is 0.333. The Bertz CT molecular complexity index is 624. The van der Waals surface area contributed by atoms with Crippen LogP contribution in [0.25, 0.3) is 0 Å². The average Bonchev–Trinajstić information content (AvgIpc) is 2.55. The van der Waals surface area contributed by atoms with Crippen molar-refractivity contribution in [2.45, 2.75) is 26.4 Å². The van der Waals surface area contributed by atoms with Crippen LogP contribution in [-0.4, -0.2) is 13.2 Å². The van der Waals surface area contributed by atoms with Gasteiger partial charge in [-0.3, -0.25) is 0 Å². The summed E-state index contributed by atoms with van der Waals surface area (Å²) in [6.07, 6.45) is 1.01. The SMILES string of the molecule is CCOc1ccccc1C1CNc2cc(CC)ccc2O1. The van der Waals surface area contributed by atoms with E-state index in [4.69, 9.17) is 9.47 Å². The maximum absolute atomic E-state index is 6.16. The number of aryl methyl sites for hydroxylation is 1. The van der Waals surface area contributed by atoms with Gasteiger partial charge < -0.3 is 14.8 Å². The largest absolute Gasteiger partial charge is 0.493 e. The Balaban J connectivity index is 1.86. The number of ether oxygens (including phenoxy) is 2. The van der Waals surface area contributed by atoms with Crippen LogP contribution in [0.15, 0.2) is 42.5 Å². The molecule has 3 nitrogen and oxygen atoms in total. The van der Waals surface area contributed by atoms with Crippen molar-refractivity contribution in [1.29, 1.82) is 0 Å². The first kappa shape index (κ1) is 13.8. The highest BCUT2D eigenvalue weighted by molar-refractivity contribution is 5.60. The molecule has 0 bridgehead atoms. The van der Waals surface area contributed by atoms with Gasteiger partial charge in [-0.15, -0.1) is 0 Å². The molecule has 2 aromatic carbocycles. The molecule has 0 aliphatic carbocycles. The molecular formula is C18H21NO2. The van der Waals surface area contributed by atoms with Gasteiger partial charge in [0.2, 0.25) is 0 Å². The molecule has 3 heteroatoms. The van der Waals surface area contributed by atoms with Gasteiger partial charge in [0.15, 0.2) is 0 Å². The summed E-state index contributed by atoms with van der Waals surface area (Å²) in [6.45, 7) is 5.57. The Labute approximate surface area is 125 Å². The third-order valence-corrected chi connectivity index (χ3v) is 3.77. The molecule has 0 amide bonds. The van der Waals surface area contributed by atoms with E-state index in [0.29, 0.717) is 6.61 Å². The molecule has 1 aliphatic rings. The molecule has 2 aromatic rings. The minimum absolute atomic E-state index is 0.0206. The van der Waals surface area contributed by atoms with E-state index in [9.17, 15) is 0 Å². The number of para-hydroxylation sites is 1. The van der Waals surface area contributed by atoms with Crippen LogP contribution in [0.1, 0.15) is 31.1 Å². The van der Waals surface area contributed by atoms with Crippen LogP contribution >= 0.6 is 0 Å². The Morgan fingerprint density at radius 3 is 2.86 bits per heavy atom. The summed E-state index contributed by atoms with van der Waals surface area (Å²) in [7, 11) is 0. The third-order valence-electron chi connectivity index (χ3n) is 3.77. The van der Waals surface area contributed by atoms with Gasteiger partial charge in [0, 0.05) is 5.56 Å². The Morgan fingerprint density at radius 2 is 2.05 bits per heavy atom. The van der Waals surface area contributed by atoms with Gasteiger partial charge in [-0.25, -0.2) is 0 Å². The number of benzene rings is 2. The minimum atomic E-state index is -0.0206. The summed E-state index contributed by atoms with van der Waals surface area (Å²) in [5.41, 5.74) is 3.49. The van der Waals surface area contributed by atoms with Gasteiger partial charge in [-0.1, -0.05) is 31.2 Å². The highest BCUT2D eigenvalue weighted by Crippen LogP contribution is 2.37. The van der Waals surface area contributed by atoms with Gasteiger partial charge in [0.05, 0.1) is 18.8 Å². The average molecular weight is 283 g/mol. The zero-order chi connectivity index (χ0) is 14.7. The summed E-state index contributed by atoms with van der Waals surface area (Å²) >= 11 is 0. The van der Waals surface area contributed by atoms with E-state index in [1.54, 1.807) is 0 Å². The van der Waals surface area contributed by atoms with Crippen molar-refractivity contribution in [3.63, 3.8) is 0 Å². The highest BCUT2D eigenvalue weighted by Gasteiger charge is 2.23. The number of hydrogen-bond acceptors (Lipinski definition) is 3. The fourth-order valence-electron chi connectivity index (χ4n) is 2.64. The quantitative estimate of drug-likeness (QED) is 0.912. The van der Waals surface area contributed by atoms with Crippen LogP contribution in [0, 0.1) is 0 Å². The summed E-state index contributed by atoms with van der Waals surface area (Å²) in [5, 5.41) is 3.47. The minimum Gasteiger partial charge on any atom is -0.493 e. The Hall–Kier alpha value is -2.16. The number of fused-ring (bicyclic) bond motifs is 1. The Morgan fingerprint density at radius 1 is 1.19 bits per heavy atom. The third kappa shape index (κ3) is 2.82. The van der Waals surface area contributed by atoms with E-state index in [1.165, 1.54) is 5.56 Å². The van der Waals surface area contributed by atoms with Crippen LogP contribution < -0.4 is 14.8 Å². The molecule has 0 aromatic heterocycles. The molecule has 1 N–H and O–H groups in total. The topological polar surface area (TPSA) is 30.5 Å². The van der Waals surface area contributed by atoms with Gasteiger partial charge in [0.1, 0.15) is 17.6 Å². The lowest BCUT2D eigenvalue weighted by Gasteiger charge is -2.29. The lowest BCUT2D eigenvalue weighted by atomic mass is 10.1. The second kappa shape index (κ2) is 6.08. The van der Waals surface area contributed by atoms with Gasteiger partial charge >= 0.3 is 0 Å². The molecule has 21 heavy (non-hydrogen) atoms. The molecule has 0 saturated carbocycles. The maximum atomic E-state index is 6.16. The summed E-state index contributed by atoms with van der Waals surface area (Å²) in [6, 6.07) is 14.4. The monoisotopic (exact) mass is 283 g/mol. The van der Waals surface area contributed by atoms with E-state index in [-0.39, 0.29) is 6.10 Å². The number of anilines is 1. The summed E-state index contributed by atoms with van der Waals surface area (Å²) < 4.78 is 11.9. The molecular weight excluding hydrogens is 262 g/mol. The molecule has 3 rings (SSSR count). The molecule has 0 spiro atoms. The van der Waals surface area contributed by atoms with E-state index < -0.39 is 0 Å². The number of nitrogens with one attached hydrogen (secondary N) is 1. The first-order valence-electron chi connectivity index (χ1n) is 7.57. The molecule has 1 unspecified atom stereocenters. The highest BCUT2D eigenvalue weighted by atomic mass is 16.5. The standard InChI is InChI=1S/C18H21NO2/c1-3-13-9-10-17-15(11-13)19-12-18(21-17)14-7-5-6-8-16(14)20-4-2/h5-11,18-19H,3-4,12H2,1-2H3. The fourth-order valence-corrected chi connectivity index (χ4v) is 2.64. The van der Waals surface area contributed by atoms with Crippen molar-refractivity contribution in [3.05, 3.63) is 53.6 Å². The zero-order valence-corrected chi connectivity index (χ0v) is 12.6. The predicted octanol–water partition coefficient (Wildman–Crippen LogP) is 4.19. The predicted molar refractivity (Wildman–Crippen MR) is 85.3 cm³/mol. The van der Waals surface area contributed by atoms with Crippen LogP contribution in [0.2, 0.25) is 0 Å². The van der Waals surface area contributed by atoms with Crippen molar-refractivity contribution >= 4 is 5.69 Å². The lowest BCUT2D eigenvalue weighted by Crippen LogP contribution is -2.24. The first-order chi connectivity index (χ1) is 10.3. The summed E-state index contributed by atoms with van der Waals surface area (Å²) in [5.74, 6) is 1.81. The van der Waals surface area contributed by atoms with Gasteiger partial charge in [-0.05, 0) is 37.1 Å². The van der Waals surface area contributed by atoms with Crippen molar-refractivity contribution in [2.24, 2.45) is 0 Å². The molecule has 0 saturated heterocycles. The van der Waals surface area contributed by atoms with Crippen molar-refractivity contribution < 1.29 is 9.47 Å². The molecule has 0 fully saturated rings. The van der Waals surface area contributed by atoms with Crippen LogP contribution in [0.3, 0.4) is 0 Å². The van der Waals surface area contributed by atoms with Crippen molar-refractivity contribution in [1.82, 2.24) is 0 Å². The molecule has 1 aliphatic heterocycles. The molecule has 110 valence electrons. The summed E-state index contributed by atoms with van der Waals surface area (Å²) in [4.78, 5) is 0. The first-order valence-corrected chi connectivity index (χ1v) is 7.57. The number of hydrogen-bond donors (Lipinski definition) is 1. The van der Waals surface area contributed by atoms with Crippen LogP contribution in [0.4, 0.5) is 5.69 Å². The lowest BCUT2D eigenvalue weighted by molar-refractivity contribution is 0.203. The van der Waals surface area contributed by atoms with E-state index in [1.807, 2.05) is 25.1 Å². The van der Waals surface area contributed by atoms with Crippen molar-refractivity contribution in [3.8, 4) is 11.5 Å². The second-order valence-electron chi connectivity index (χ2n) is 5.14. The normalized spacial score (nSPS) is 16.6. The molecule has 1 atom stereocenters. The van der Waals surface area contributed by atoms with E-state index >= 15 is 0 Å². The maximum Gasteiger partial charge on any atom is 0.145 e.